The number of hydrogen-bond donors (Lipinski definition) is 1. The summed E-state index contributed by atoms with van der Waals surface area (Å²) in [6, 6.07) is 16.6. The molecular formula is C26H25Cl2N3O3S. The predicted octanol–water partition coefficient (Wildman–Crippen LogP) is 5.46. The van der Waals surface area contributed by atoms with Crippen LogP contribution in [0.5, 0.6) is 0 Å². The highest BCUT2D eigenvalue weighted by molar-refractivity contribution is 7.17. The second-order valence-corrected chi connectivity index (χ2v) is 10.0. The molecule has 2 heterocycles. The number of carbonyl (C=O) groups excluding carboxylic acids is 1. The Morgan fingerprint density at radius 1 is 0.943 bits per heavy atom. The molecule has 0 aliphatic rings. The van der Waals surface area contributed by atoms with E-state index in [4.69, 9.17) is 23.2 Å². The van der Waals surface area contributed by atoms with E-state index in [0.29, 0.717) is 59.2 Å². The van der Waals surface area contributed by atoms with Gasteiger partial charge in [0.1, 0.15) is 4.70 Å². The number of amides is 1. The summed E-state index contributed by atoms with van der Waals surface area (Å²) in [6.45, 7) is 1.03. The topological polar surface area (TPSA) is 73.1 Å². The van der Waals surface area contributed by atoms with Crippen molar-refractivity contribution in [3.8, 4) is 0 Å². The van der Waals surface area contributed by atoms with Crippen LogP contribution in [0.4, 0.5) is 0 Å². The van der Waals surface area contributed by atoms with Crippen LogP contribution in [0.1, 0.15) is 36.8 Å². The van der Waals surface area contributed by atoms with Crippen molar-refractivity contribution in [2.24, 2.45) is 0 Å². The Bertz CT molecular complexity index is 1460. The number of nitrogens with zero attached hydrogens (tertiary/aromatic N) is 2. The third kappa shape index (κ3) is 6.23. The van der Waals surface area contributed by atoms with Gasteiger partial charge in [0.15, 0.2) is 0 Å². The first-order chi connectivity index (χ1) is 16.9. The molecule has 0 saturated carbocycles. The van der Waals surface area contributed by atoms with Crippen molar-refractivity contribution in [1.82, 2.24) is 14.5 Å². The van der Waals surface area contributed by atoms with Crippen LogP contribution in [0.15, 0.2) is 69.6 Å². The van der Waals surface area contributed by atoms with Gasteiger partial charge in [-0.25, -0.2) is 4.79 Å². The van der Waals surface area contributed by atoms with E-state index in [0.717, 1.165) is 17.5 Å². The van der Waals surface area contributed by atoms with Gasteiger partial charge in [-0.2, -0.15) is 0 Å². The highest BCUT2D eigenvalue weighted by Crippen LogP contribution is 2.18. The molecule has 6 nitrogen and oxygen atoms in total. The molecule has 0 aliphatic heterocycles. The van der Waals surface area contributed by atoms with Crippen molar-refractivity contribution in [2.75, 3.05) is 0 Å². The third-order valence-electron chi connectivity index (χ3n) is 5.79. The summed E-state index contributed by atoms with van der Waals surface area (Å²) < 4.78 is 3.49. The maximum Gasteiger partial charge on any atom is 0.331 e. The molecule has 1 N–H and O–H groups in total. The molecule has 4 rings (SSSR count). The Morgan fingerprint density at radius 2 is 1.77 bits per heavy atom. The monoisotopic (exact) mass is 529 g/mol. The Balaban J connectivity index is 1.36. The van der Waals surface area contributed by atoms with E-state index in [9.17, 15) is 14.4 Å². The summed E-state index contributed by atoms with van der Waals surface area (Å²) >= 11 is 13.6. The van der Waals surface area contributed by atoms with E-state index in [1.807, 2.05) is 41.8 Å². The number of nitrogens with one attached hydrogen (secondary N) is 1. The number of carbonyl (C=O) groups is 1. The molecule has 9 heteroatoms. The van der Waals surface area contributed by atoms with Crippen LogP contribution in [-0.2, 0) is 24.4 Å². The fourth-order valence-electron chi connectivity index (χ4n) is 3.96. The fourth-order valence-corrected chi connectivity index (χ4v) is 5.22. The summed E-state index contributed by atoms with van der Waals surface area (Å²) in [5, 5.41) is 5.93. The first-order valence-corrected chi connectivity index (χ1v) is 13.0. The van der Waals surface area contributed by atoms with E-state index in [2.05, 4.69) is 5.32 Å². The van der Waals surface area contributed by atoms with Crippen LogP contribution in [0, 0.1) is 0 Å². The second kappa shape index (κ2) is 11.7. The van der Waals surface area contributed by atoms with Crippen LogP contribution in [-0.4, -0.2) is 15.0 Å². The Labute approximate surface area is 216 Å². The van der Waals surface area contributed by atoms with E-state index in [1.54, 1.807) is 22.8 Å². The number of rotatable bonds is 10. The summed E-state index contributed by atoms with van der Waals surface area (Å²) in [7, 11) is 0. The van der Waals surface area contributed by atoms with Gasteiger partial charge < -0.3 is 5.32 Å². The van der Waals surface area contributed by atoms with E-state index >= 15 is 0 Å². The number of aromatic nitrogens is 2. The zero-order valence-corrected chi connectivity index (χ0v) is 21.3. The number of halogens is 2. The van der Waals surface area contributed by atoms with Crippen molar-refractivity contribution in [2.45, 2.75) is 45.3 Å². The first-order valence-electron chi connectivity index (χ1n) is 11.4. The van der Waals surface area contributed by atoms with Crippen LogP contribution >= 0.6 is 34.5 Å². The van der Waals surface area contributed by atoms with Crippen molar-refractivity contribution in [3.63, 3.8) is 0 Å². The SMILES string of the molecule is O=C(CCCCCn1c(=O)c2sccc2n(Cc2cccc(Cl)c2)c1=O)NCc1ccccc1Cl. The third-order valence-corrected chi connectivity index (χ3v) is 7.28. The number of thiophene rings is 1. The number of benzene rings is 2. The Morgan fingerprint density at radius 3 is 2.57 bits per heavy atom. The van der Waals surface area contributed by atoms with Gasteiger partial charge in [-0.05, 0) is 53.6 Å². The quantitative estimate of drug-likeness (QED) is 0.277. The van der Waals surface area contributed by atoms with Gasteiger partial charge >= 0.3 is 5.69 Å². The molecule has 0 fully saturated rings. The average Bonchev–Trinajstić information content (AvgIpc) is 3.33. The minimum atomic E-state index is -0.335. The van der Waals surface area contributed by atoms with E-state index < -0.39 is 0 Å². The van der Waals surface area contributed by atoms with Gasteiger partial charge in [-0.3, -0.25) is 18.7 Å². The molecule has 0 spiro atoms. The largest absolute Gasteiger partial charge is 0.352 e. The molecule has 0 radical (unpaired) electrons. The summed E-state index contributed by atoms with van der Waals surface area (Å²) in [4.78, 5) is 38.3. The molecule has 0 bridgehead atoms. The molecule has 35 heavy (non-hydrogen) atoms. The lowest BCUT2D eigenvalue weighted by molar-refractivity contribution is -0.121. The van der Waals surface area contributed by atoms with Gasteiger partial charge in [0.05, 0.1) is 12.1 Å². The Hall–Kier alpha value is -2.87. The van der Waals surface area contributed by atoms with Crippen LogP contribution in [0.3, 0.4) is 0 Å². The second-order valence-electron chi connectivity index (χ2n) is 8.27. The van der Waals surface area contributed by atoms with Gasteiger partial charge in [0, 0.05) is 29.6 Å². The molecular weight excluding hydrogens is 505 g/mol. The standard InChI is InChI=1S/C26H25Cl2N3O3S/c27-20-9-6-7-18(15-20)17-31-22-12-14-35-24(22)25(33)30(26(31)34)13-5-1-2-11-23(32)29-16-19-8-3-4-10-21(19)28/h3-4,6-10,12,14-15H,1-2,5,11,13,16-17H2,(H,29,32). The fraction of sp³-hybridized carbons (Fsp3) is 0.269. The molecule has 182 valence electrons. The molecule has 1 amide bonds. The first kappa shape index (κ1) is 25.2. The Kier molecular flexibility index (Phi) is 8.44. The smallest absolute Gasteiger partial charge is 0.331 e. The lowest BCUT2D eigenvalue weighted by Gasteiger charge is -2.12. The number of fused-ring (bicyclic) bond motifs is 1. The molecule has 0 atom stereocenters. The summed E-state index contributed by atoms with van der Waals surface area (Å²) in [5.41, 5.74) is 1.80. The number of hydrogen-bond acceptors (Lipinski definition) is 4. The minimum Gasteiger partial charge on any atom is -0.352 e. The molecule has 2 aromatic heterocycles. The van der Waals surface area contributed by atoms with Crippen molar-refractivity contribution >= 4 is 50.7 Å². The summed E-state index contributed by atoms with van der Waals surface area (Å²) in [6.07, 6.45) is 2.40. The molecule has 2 aromatic carbocycles. The zero-order valence-electron chi connectivity index (χ0n) is 19.0. The minimum absolute atomic E-state index is 0.0500. The average molecular weight is 530 g/mol. The highest BCUT2D eigenvalue weighted by atomic mass is 35.5. The lowest BCUT2D eigenvalue weighted by atomic mass is 10.1. The molecule has 4 aromatic rings. The number of unbranched alkanes of at least 4 members (excludes halogenated alkanes) is 2. The van der Waals surface area contributed by atoms with Gasteiger partial charge in [0.25, 0.3) is 5.56 Å². The van der Waals surface area contributed by atoms with Crippen molar-refractivity contribution < 1.29 is 4.79 Å². The van der Waals surface area contributed by atoms with Gasteiger partial charge in [0.2, 0.25) is 5.91 Å². The maximum absolute atomic E-state index is 13.2. The van der Waals surface area contributed by atoms with Crippen LogP contribution in [0.2, 0.25) is 10.0 Å². The van der Waals surface area contributed by atoms with Crippen LogP contribution < -0.4 is 16.6 Å². The molecule has 0 saturated heterocycles. The molecule has 0 unspecified atom stereocenters. The van der Waals surface area contributed by atoms with E-state index in [-0.39, 0.29) is 17.2 Å². The highest BCUT2D eigenvalue weighted by Gasteiger charge is 2.14. The van der Waals surface area contributed by atoms with Crippen LogP contribution in [0.25, 0.3) is 10.2 Å². The van der Waals surface area contributed by atoms with E-state index in [1.165, 1.54) is 15.9 Å². The molecule has 0 aliphatic carbocycles. The van der Waals surface area contributed by atoms with Gasteiger partial charge in [-0.15, -0.1) is 11.3 Å². The van der Waals surface area contributed by atoms with Crippen molar-refractivity contribution in [1.29, 1.82) is 0 Å². The predicted molar refractivity (Wildman–Crippen MR) is 143 cm³/mol. The van der Waals surface area contributed by atoms with Gasteiger partial charge in [-0.1, -0.05) is 60.0 Å². The maximum atomic E-state index is 13.2. The summed E-state index contributed by atoms with van der Waals surface area (Å²) in [5.74, 6) is -0.0500. The lowest BCUT2D eigenvalue weighted by Crippen LogP contribution is -2.39. The zero-order chi connectivity index (χ0) is 24.8. The van der Waals surface area contributed by atoms with Crippen molar-refractivity contribution in [3.05, 3.63) is 102 Å². The normalized spacial score (nSPS) is 11.1.